The van der Waals surface area contributed by atoms with Gasteiger partial charge in [0.25, 0.3) is 0 Å². The van der Waals surface area contributed by atoms with E-state index in [1.807, 2.05) is 24.3 Å². The molecule has 4 heteroatoms. The second-order valence-electron chi connectivity index (χ2n) is 10.3. The highest BCUT2D eigenvalue weighted by Crippen LogP contribution is 2.51. The van der Waals surface area contributed by atoms with Crippen LogP contribution in [0.1, 0.15) is 38.8 Å². The van der Waals surface area contributed by atoms with Crippen molar-refractivity contribution in [3.63, 3.8) is 0 Å². The second kappa shape index (κ2) is 6.76. The number of likely N-dealkylation sites (N-methyl/N-ethyl adjacent to an activating group) is 2. The monoisotopic (exact) mass is 428 g/mol. The van der Waals surface area contributed by atoms with Gasteiger partial charge in [-0.3, -0.25) is 0 Å². The van der Waals surface area contributed by atoms with Gasteiger partial charge in [0.05, 0.1) is 12.0 Å². The van der Waals surface area contributed by atoms with Gasteiger partial charge in [0.2, 0.25) is 0 Å². The van der Waals surface area contributed by atoms with Crippen LogP contribution in [0.5, 0.6) is 0 Å². The van der Waals surface area contributed by atoms with Crippen molar-refractivity contribution >= 4 is 11.4 Å². The maximum absolute atomic E-state index is 11.1. The number of aliphatic hydroxyl groups excluding tert-OH is 2. The third-order valence-electron chi connectivity index (χ3n) is 7.78. The Morgan fingerprint density at radius 1 is 0.781 bits per heavy atom. The molecule has 0 spiro atoms. The molecule has 2 heterocycles. The summed E-state index contributed by atoms with van der Waals surface area (Å²) in [7, 11) is 4.11. The van der Waals surface area contributed by atoms with Crippen molar-refractivity contribution < 1.29 is 10.2 Å². The molecule has 0 aromatic heterocycles. The first-order valence-corrected chi connectivity index (χ1v) is 11.3. The van der Waals surface area contributed by atoms with Gasteiger partial charge in [-0.2, -0.15) is 0 Å². The SMILES string of the molecule is CN1/C(=C/C2=C(O)C(/C=C3/N(C)c4ccccc4C3(C)C)C2O)C(C)(C)c2ccccc21. The van der Waals surface area contributed by atoms with Crippen LogP contribution in [-0.2, 0) is 10.8 Å². The fraction of sp³-hybridized carbons (Fsp3) is 0.357. The predicted molar refractivity (Wildman–Crippen MR) is 131 cm³/mol. The summed E-state index contributed by atoms with van der Waals surface area (Å²) in [6.45, 7) is 8.78. The predicted octanol–water partition coefficient (Wildman–Crippen LogP) is 5.41. The van der Waals surface area contributed by atoms with Crippen molar-refractivity contribution in [1.82, 2.24) is 0 Å². The Kier molecular flexibility index (Phi) is 4.41. The molecule has 4 nitrogen and oxygen atoms in total. The molecule has 166 valence electrons. The van der Waals surface area contributed by atoms with Crippen molar-refractivity contribution in [3.05, 3.63) is 94.5 Å². The molecule has 0 radical (unpaired) electrons. The maximum Gasteiger partial charge on any atom is 0.108 e. The van der Waals surface area contributed by atoms with Crippen LogP contribution in [0.2, 0.25) is 0 Å². The molecule has 2 unspecified atom stereocenters. The number of fused-ring (bicyclic) bond motifs is 2. The summed E-state index contributed by atoms with van der Waals surface area (Å²) in [5.74, 6) is -0.136. The van der Waals surface area contributed by atoms with Gasteiger partial charge in [-0.05, 0) is 29.3 Å². The number of anilines is 2. The molecule has 5 rings (SSSR count). The first-order valence-electron chi connectivity index (χ1n) is 11.3. The van der Waals surface area contributed by atoms with E-state index in [1.165, 1.54) is 22.5 Å². The van der Waals surface area contributed by atoms with Gasteiger partial charge in [-0.25, -0.2) is 0 Å². The highest BCUT2D eigenvalue weighted by Gasteiger charge is 2.45. The van der Waals surface area contributed by atoms with Crippen LogP contribution in [0.15, 0.2) is 83.4 Å². The van der Waals surface area contributed by atoms with Crippen LogP contribution < -0.4 is 9.80 Å². The Hall–Kier alpha value is -2.98. The van der Waals surface area contributed by atoms with Crippen LogP contribution in [0.25, 0.3) is 0 Å². The molecule has 2 aromatic rings. The van der Waals surface area contributed by atoms with Crippen LogP contribution in [-0.4, -0.2) is 30.4 Å². The van der Waals surface area contributed by atoms with Crippen molar-refractivity contribution in [2.24, 2.45) is 5.92 Å². The Bertz CT molecular complexity index is 1200. The molecule has 3 aliphatic rings. The highest BCUT2D eigenvalue weighted by atomic mass is 16.3. The second-order valence-corrected chi connectivity index (χ2v) is 10.3. The standard InChI is InChI=1S/C28H32N2O2/c1-27(2)19-11-7-9-13-21(19)29(5)23(27)15-17-25(31)18(26(17)32)16-24-28(3,4)20-12-8-10-14-22(20)30(24)6/h7-17,25,31-32H,1-6H3/b23-15+,24-16+. The van der Waals surface area contributed by atoms with Crippen LogP contribution in [0, 0.1) is 5.92 Å². The number of para-hydroxylation sites is 2. The summed E-state index contributed by atoms with van der Waals surface area (Å²) in [6, 6.07) is 16.8. The average molecular weight is 429 g/mol. The lowest BCUT2D eigenvalue weighted by molar-refractivity contribution is 0.112. The minimum Gasteiger partial charge on any atom is -0.511 e. The van der Waals surface area contributed by atoms with Gasteiger partial charge >= 0.3 is 0 Å². The third kappa shape index (κ3) is 2.65. The lowest BCUT2D eigenvalue weighted by Gasteiger charge is -2.36. The number of rotatable bonds is 2. The normalized spacial score (nSPS) is 27.7. The van der Waals surface area contributed by atoms with Crippen molar-refractivity contribution in [3.8, 4) is 0 Å². The number of hydrogen-bond acceptors (Lipinski definition) is 4. The molecule has 1 aliphatic carbocycles. The van der Waals surface area contributed by atoms with Gasteiger partial charge in [-0.1, -0.05) is 70.2 Å². The first-order chi connectivity index (χ1) is 15.1. The van der Waals surface area contributed by atoms with E-state index in [2.05, 4.69) is 88.0 Å². The Morgan fingerprint density at radius 3 is 1.75 bits per heavy atom. The van der Waals surface area contributed by atoms with Gasteiger partial charge in [0.1, 0.15) is 5.76 Å². The largest absolute Gasteiger partial charge is 0.511 e. The Morgan fingerprint density at radius 2 is 1.25 bits per heavy atom. The highest BCUT2D eigenvalue weighted by molar-refractivity contribution is 5.72. The van der Waals surface area contributed by atoms with E-state index < -0.39 is 12.0 Å². The van der Waals surface area contributed by atoms with Crippen LogP contribution in [0.4, 0.5) is 11.4 Å². The van der Waals surface area contributed by atoms with Crippen molar-refractivity contribution in [2.45, 2.75) is 44.6 Å². The van der Waals surface area contributed by atoms with Crippen molar-refractivity contribution in [1.29, 1.82) is 0 Å². The summed E-state index contributed by atoms with van der Waals surface area (Å²) in [6.07, 6.45) is 3.30. The fourth-order valence-electron chi connectivity index (χ4n) is 5.80. The molecule has 0 saturated carbocycles. The summed E-state index contributed by atoms with van der Waals surface area (Å²) < 4.78 is 0. The van der Waals surface area contributed by atoms with Gasteiger partial charge in [0, 0.05) is 53.3 Å². The molecule has 0 bridgehead atoms. The molecule has 0 fully saturated rings. The molecule has 0 amide bonds. The minimum atomic E-state index is -0.726. The number of allylic oxidation sites excluding steroid dienone is 2. The van der Waals surface area contributed by atoms with Gasteiger partial charge in [-0.15, -0.1) is 0 Å². The minimum absolute atomic E-state index is 0.186. The first kappa shape index (κ1) is 20.9. The van der Waals surface area contributed by atoms with Crippen LogP contribution in [0.3, 0.4) is 0 Å². The van der Waals surface area contributed by atoms with Gasteiger partial charge < -0.3 is 20.0 Å². The van der Waals surface area contributed by atoms with E-state index in [-0.39, 0.29) is 16.6 Å². The lowest BCUT2D eigenvalue weighted by atomic mass is 9.75. The lowest BCUT2D eigenvalue weighted by Crippen LogP contribution is -2.37. The molecule has 2 atom stereocenters. The molecular formula is C28H32N2O2. The number of hydrogen-bond donors (Lipinski definition) is 2. The fourth-order valence-corrected chi connectivity index (χ4v) is 5.80. The van der Waals surface area contributed by atoms with Gasteiger partial charge in [0.15, 0.2) is 0 Å². The topological polar surface area (TPSA) is 46.9 Å². The molecule has 32 heavy (non-hydrogen) atoms. The smallest absolute Gasteiger partial charge is 0.108 e. The zero-order valence-electron chi connectivity index (χ0n) is 19.7. The quantitative estimate of drug-likeness (QED) is 0.671. The zero-order valence-corrected chi connectivity index (χ0v) is 19.7. The van der Waals surface area contributed by atoms with E-state index in [0.717, 1.165) is 11.4 Å². The van der Waals surface area contributed by atoms with Crippen LogP contribution >= 0.6 is 0 Å². The number of nitrogens with zero attached hydrogens (tertiary/aromatic N) is 2. The van der Waals surface area contributed by atoms with E-state index >= 15 is 0 Å². The number of aliphatic hydroxyl groups is 2. The summed E-state index contributed by atoms with van der Waals surface area (Å²) in [5.41, 5.74) is 7.28. The summed E-state index contributed by atoms with van der Waals surface area (Å²) >= 11 is 0. The zero-order chi connectivity index (χ0) is 23.0. The third-order valence-corrected chi connectivity index (χ3v) is 7.78. The summed E-state index contributed by atoms with van der Waals surface area (Å²) in [5, 5.41) is 22.1. The molecule has 0 saturated heterocycles. The van der Waals surface area contributed by atoms with E-state index in [1.54, 1.807) is 0 Å². The number of benzene rings is 2. The Balaban J connectivity index is 1.51. The molecule has 2 N–H and O–H groups in total. The maximum atomic E-state index is 11.1. The molecular weight excluding hydrogens is 396 g/mol. The van der Waals surface area contributed by atoms with Crippen molar-refractivity contribution in [2.75, 3.05) is 23.9 Å². The van der Waals surface area contributed by atoms with E-state index in [9.17, 15) is 10.2 Å². The van der Waals surface area contributed by atoms with E-state index in [0.29, 0.717) is 5.57 Å². The summed E-state index contributed by atoms with van der Waals surface area (Å²) in [4.78, 5) is 4.34. The molecule has 2 aliphatic heterocycles. The molecule has 2 aromatic carbocycles. The average Bonchev–Trinajstić information content (AvgIpc) is 3.09. The Labute approximate surface area is 190 Å². The van der Waals surface area contributed by atoms with E-state index in [4.69, 9.17) is 0 Å².